The van der Waals surface area contributed by atoms with E-state index < -0.39 is 0 Å². The Balaban J connectivity index is 1.78. The topological polar surface area (TPSA) is 47.0 Å². The summed E-state index contributed by atoms with van der Waals surface area (Å²) in [5, 5.41) is 1.14. The number of aliphatic imine (C=N–C) groups is 1. The predicted molar refractivity (Wildman–Crippen MR) is 110 cm³/mol. The van der Waals surface area contributed by atoms with Gasteiger partial charge in [-0.15, -0.1) is 0 Å². The van der Waals surface area contributed by atoms with Gasteiger partial charge in [0.15, 0.2) is 16.7 Å². The van der Waals surface area contributed by atoms with Gasteiger partial charge in [-0.1, -0.05) is 30.8 Å². The van der Waals surface area contributed by atoms with Crippen LogP contribution in [0.4, 0.5) is 0 Å². The molecule has 2 aromatic rings. The minimum absolute atomic E-state index is 0.00841. The normalized spacial score (nSPS) is 23.9. The van der Waals surface area contributed by atoms with Gasteiger partial charge in [-0.05, 0) is 43.2 Å². The molecule has 4 rings (SSSR count). The monoisotopic (exact) mass is 383 g/mol. The molecule has 6 heteroatoms. The molecule has 0 bridgehead atoms. The quantitative estimate of drug-likeness (QED) is 0.737. The molecule has 0 aliphatic carbocycles. The highest BCUT2D eigenvalue weighted by atomic mass is 32.2. The van der Waals surface area contributed by atoms with E-state index in [1.807, 2.05) is 43.1 Å². The summed E-state index contributed by atoms with van der Waals surface area (Å²) in [7, 11) is 1.68. The Morgan fingerprint density at radius 2 is 2.07 bits per heavy atom. The molecule has 1 fully saturated rings. The zero-order valence-electron chi connectivity index (χ0n) is 16.0. The molecule has 2 aliphatic rings. The van der Waals surface area contributed by atoms with Crippen molar-refractivity contribution in [3.8, 4) is 11.5 Å². The van der Waals surface area contributed by atoms with Crippen molar-refractivity contribution >= 4 is 16.9 Å². The Morgan fingerprint density at radius 1 is 1.19 bits per heavy atom. The third-order valence-electron chi connectivity index (χ3n) is 5.16. The maximum atomic E-state index is 5.83. The highest BCUT2D eigenvalue weighted by molar-refractivity contribution is 8.14. The van der Waals surface area contributed by atoms with Crippen molar-refractivity contribution in [2.75, 3.05) is 19.5 Å². The third kappa shape index (κ3) is 3.27. The first-order chi connectivity index (χ1) is 13.3. The molecule has 0 unspecified atom stereocenters. The van der Waals surface area contributed by atoms with Crippen LogP contribution in [0.15, 0.2) is 47.6 Å². The molecule has 0 radical (unpaired) electrons. The number of methoxy groups -OCH3 is 1. The number of hydrogen-bond acceptors (Lipinski definition) is 6. The highest BCUT2D eigenvalue weighted by Crippen LogP contribution is 2.49. The van der Waals surface area contributed by atoms with Crippen LogP contribution in [0.5, 0.6) is 11.5 Å². The minimum Gasteiger partial charge on any atom is -0.493 e. The average Bonchev–Trinajstić information content (AvgIpc) is 3.28. The molecule has 0 saturated carbocycles. The standard InChI is InChI=1S/C21H25N3O2S/c1-4-15-13-27-21-23-19(16-8-6-7-11-22-16)20(24(15)21)14-9-10-17(25-3)18(12-14)26-5-2/h6-12,15,19-20H,4-5,13H2,1-3H3/t15-,19+,20+/m0/s1. The minimum atomic E-state index is -0.00841. The van der Waals surface area contributed by atoms with Crippen molar-refractivity contribution in [2.24, 2.45) is 4.99 Å². The van der Waals surface area contributed by atoms with Gasteiger partial charge >= 0.3 is 0 Å². The molecule has 3 heterocycles. The van der Waals surface area contributed by atoms with Crippen LogP contribution in [0.25, 0.3) is 0 Å². The summed E-state index contributed by atoms with van der Waals surface area (Å²) < 4.78 is 11.3. The van der Waals surface area contributed by atoms with E-state index in [-0.39, 0.29) is 12.1 Å². The zero-order chi connectivity index (χ0) is 18.8. The lowest BCUT2D eigenvalue weighted by atomic mass is 9.95. The lowest BCUT2D eigenvalue weighted by Crippen LogP contribution is -2.35. The fourth-order valence-electron chi connectivity index (χ4n) is 3.86. The van der Waals surface area contributed by atoms with Crippen LogP contribution in [0.3, 0.4) is 0 Å². The molecule has 142 valence electrons. The summed E-state index contributed by atoms with van der Waals surface area (Å²) in [4.78, 5) is 12.2. The molecule has 0 amide bonds. The molecule has 0 N–H and O–H groups in total. The average molecular weight is 384 g/mol. The van der Waals surface area contributed by atoms with Crippen molar-refractivity contribution in [3.63, 3.8) is 0 Å². The summed E-state index contributed by atoms with van der Waals surface area (Å²) in [6, 6.07) is 12.9. The Bertz CT molecular complexity index is 827. The summed E-state index contributed by atoms with van der Waals surface area (Å²) in [5.74, 6) is 2.64. The second-order valence-corrected chi connectivity index (χ2v) is 7.67. The molecule has 27 heavy (non-hydrogen) atoms. The maximum absolute atomic E-state index is 5.83. The van der Waals surface area contributed by atoms with E-state index in [1.165, 1.54) is 5.56 Å². The summed E-state index contributed by atoms with van der Waals surface area (Å²) in [6.45, 7) is 4.84. The second-order valence-electron chi connectivity index (χ2n) is 6.68. The van der Waals surface area contributed by atoms with Gasteiger partial charge in [0.2, 0.25) is 0 Å². The van der Waals surface area contributed by atoms with Gasteiger partial charge in [0.05, 0.1) is 25.5 Å². The van der Waals surface area contributed by atoms with E-state index in [0.717, 1.165) is 34.5 Å². The molecular formula is C21H25N3O2S. The number of amidine groups is 1. The van der Waals surface area contributed by atoms with Crippen LogP contribution >= 0.6 is 11.8 Å². The SMILES string of the molecule is CCOc1cc([C@@H]2[C@@H](c3ccccn3)N=C3SC[C@H](CC)N32)ccc1OC. The van der Waals surface area contributed by atoms with Crippen molar-refractivity contribution in [2.45, 2.75) is 38.4 Å². The van der Waals surface area contributed by atoms with E-state index >= 15 is 0 Å². The number of aromatic nitrogens is 1. The number of benzene rings is 1. The van der Waals surface area contributed by atoms with Crippen LogP contribution in [0, 0.1) is 0 Å². The molecule has 1 aromatic carbocycles. The Labute approximate surface area is 164 Å². The number of rotatable bonds is 6. The second kappa shape index (κ2) is 7.80. The summed E-state index contributed by atoms with van der Waals surface area (Å²) in [6.07, 6.45) is 2.95. The number of ether oxygens (including phenoxy) is 2. The lowest BCUT2D eigenvalue weighted by molar-refractivity contribution is 0.253. The highest BCUT2D eigenvalue weighted by Gasteiger charge is 2.45. The number of hydrogen-bond donors (Lipinski definition) is 0. The van der Waals surface area contributed by atoms with Gasteiger partial charge in [-0.25, -0.2) is 0 Å². The Hall–Kier alpha value is -2.21. The fraction of sp³-hybridized carbons (Fsp3) is 0.429. The largest absolute Gasteiger partial charge is 0.493 e. The van der Waals surface area contributed by atoms with Gasteiger partial charge < -0.3 is 14.4 Å². The molecule has 5 nitrogen and oxygen atoms in total. The molecule has 2 aliphatic heterocycles. The van der Waals surface area contributed by atoms with Gasteiger partial charge in [0.1, 0.15) is 6.04 Å². The number of fused-ring (bicyclic) bond motifs is 1. The summed E-state index contributed by atoms with van der Waals surface area (Å²) in [5.41, 5.74) is 2.20. The third-order valence-corrected chi connectivity index (χ3v) is 6.28. The van der Waals surface area contributed by atoms with Gasteiger partial charge in [-0.3, -0.25) is 9.98 Å². The Kier molecular flexibility index (Phi) is 5.25. The van der Waals surface area contributed by atoms with E-state index in [0.29, 0.717) is 12.6 Å². The number of nitrogens with zero attached hydrogens (tertiary/aromatic N) is 3. The first-order valence-electron chi connectivity index (χ1n) is 9.47. The molecule has 1 saturated heterocycles. The molecular weight excluding hydrogens is 358 g/mol. The van der Waals surface area contributed by atoms with Gasteiger partial charge in [0.25, 0.3) is 0 Å². The fourth-order valence-corrected chi connectivity index (χ4v) is 5.19. The van der Waals surface area contributed by atoms with Crippen LogP contribution in [0.2, 0.25) is 0 Å². The van der Waals surface area contributed by atoms with Crippen molar-refractivity contribution in [1.29, 1.82) is 0 Å². The van der Waals surface area contributed by atoms with Crippen molar-refractivity contribution in [3.05, 3.63) is 53.9 Å². The molecule has 1 aromatic heterocycles. The molecule has 0 spiro atoms. The van der Waals surface area contributed by atoms with Crippen LogP contribution in [-0.2, 0) is 0 Å². The summed E-state index contributed by atoms with van der Waals surface area (Å²) >= 11 is 1.86. The maximum Gasteiger partial charge on any atom is 0.161 e. The molecule has 3 atom stereocenters. The Morgan fingerprint density at radius 3 is 2.78 bits per heavy atom. The lowest BCUT2D eigenvalue weighted by Gasteiger charge is -2.32. The van der Waals surface area contributed by atoms with Gasteiger partial charge in [-0.2, -0.15) is 0 Å². The van der Waals surface area contributed by atoms with Gasteiger partial charge in [0, 0.05) is 18.0 Å². The van der Waals surface area contributed by atoms with Crippen LogP contribution in [0.1, 0.15) is 43.6 Å². The van der Waals surface area contributed by atoms with E-state index in [9.17, 15) is 0 Å². The van der Waals surface area contributed by atoms with E-state index in [2.05, 4.69) is 35.0 Å². The van der Waals surface area contributed by atoms with E-state index in [4.69, 9.17) is 14.5 Å². The first kappa shape index (κ1) is 18.2. The van der Waals surface area contributed by atoms with Crippen molar-refractivity contribution in [1.82, 2.24) is 9.88 Å². The smallest absolute Gasteiger partial charge is 0.161 e. The predicted octanol–water partition coefficient (Wildman–Crippen LogP) is 4.47. The number of thioether (sulfide) groups is 1. The van der Waals surface area contributed by atoms with E-state index in [1.54, 1.807) is 7.11 Å². The van der Waals surface area contributed by atoms with Crippen molar-refractivity contribution < 1.29 is 9.47 Å². The number of pyridine rings is 1. The van der Waals surface area contributed by atoms with Crippen LogP contribution < -0.4 is 9.47 Å². The van der Waals surface area contributed by atoms with Crippen LogP contribution in [-0.4, -0.2) is 40.6 Å². The zero-order valence-corrected chi connectivity index (χ0v) is 16.8. The first-order valence-corrected chi connectivity index (χ1v) is 10.5.